The Morgan fingerprint density at radius 1 is 0.543 bits per heavy atom. The molecule has 4 aromatic rings. The van der Waals surface area contributed by atoms with Gasteiger partial charge in [0.05, 0.1) is 0 Å². The number of aryl methyl sites for hydroxylation is 4. The summed E-state index contributed by atoms with van der Waals surface area (Å²) in [4.78, 5) is 26.6. The summed E-state index contributed by atoms with van der Waals surface area (Å²) in [6, 6.07) is 34.6. The minimum Gasteiger partial charge on any atom is -0.294 e. The molecule has 0 atom stereocenters. The van der Waals surface area contributed by atoms with E-state index in [1.165, 1.54) is 22.3 Å². The maximum absolute atomic E-state index is 13.3. The molecule has 35 heavy (non-hydrogen) atoms. The van der Waals surface area contributed by atoms with Gasteiger partial charge in [-0.1, -0.05) is 103 Å². The van der Waals surface area contributed by atoms with E-state index in [1.807, 2.05) is 60.7 Å². The summed E-state index contributed by atoms with van der Waals surface area (Å²) in [6.07, 6.45) is 4.41. The largest absolute Gasteiger partial charge is 0.294 e. The zero-order valence-electron chi connectivity index (χ0n) is 20.0. The van der Waals surface area contributed by atoms with E-state index in [0.29, 0.717) is 24.0 Å². The summed E-state index contributed by atoms with van der Waals surface area (Å²) < 4.78 is 0. The molecule has 0 spiro atoms. The van der Waals surface area contributed by atoms with Gasteiger partial charge in [-0.15, -0.1) is 0 Å². The van der Waals surface area contributed by atoms with Gasteiger partial charge in [0.15, 0.2) is 11.6 Å². The van der Waals surface area contributed by atoms with Crippen molar-refractivity contribution < 1.29 is 9.59 Å². The quantitative estimate of drug-likeness (QED) is 0.274. The molecule has 0 aliphatic heterocycles. The molecule has 0 amide bonds. The molecule has 174 valence electrons. The summed E-state index contributed by atoms with van der Waals surface area (Å²) >= 11 is 0. The van der Waals surface area contributed by atoms with Crippen LogP contribution in [0.1, 0.15) is 67.3 Å². The van der Waals surface area contributed by atoms with Gasteiger partial charge in [-0.2, -0.15) is 0 Å². The molecule has 2 nitrogen and oxygen atoms in total. The van der Waals surface area contributed by atoms with Gasteiger partial charge in [0, 0.05) is 24.0 Å². The van der Waals surface area contributed by atoms with Crippen molar-refractivity contribution in [1.82, 2.24) is 0 Å². The smallest absolute Gasteiger partial charge is 0.163 e. The average molecular weight is 459 g/mol. The highest BCUT2D eigenvalue weighted by atomic mass is 16.1. The fraction of sp³-hybridized carbons (Fsp3) is 0.212. The first-order valence-corrected chi connectivity index (χ1v) is 12.5. The first-order valence-electron chi connectivity index (χ1n) is 12.5. The molecule has 4 aliphatic carbocycles. The topological polar surface area (TPSA) is 34.1 Å². The predicted octanol–water partition coefficient (Wildman–Crippen LogP) is 7.20. The fourth-order valence-corrected chi connectivity index (χ4v) is 5.07. The summed E-state index contributed by atoms with van der Waals surface area (Å²) in [6.45, 7) is 0. The summed E-state index contributed by atoms with van der Waals surface area (Å²) in [7, 11) is 0. The van der Waals surface area contributed by atoms with E-state index in [-0.39, 0.29) is 17.5 Å². The molecule has 0 N–H and O–H groups in total. The maximum Gasteiger partial charge on any atom is 0.163 e. The van der Waals surface area contributed by atoms with Crippen molar-refractivity contribution in [3.63, 3.8) is 0 Å². The molecule has 4 aliphatic rings. The average Bonchev–Trinajstić information content (AvgIpc) is 2.90. The Bertz CT molecular complexity index is 1250. The van der Waals surface area contributed by atoms with Gasteiger partial charge >= 0.3 is 0 Å². The van der Waals surface area contributed by atoms with E-state index in [1.54, 1.807) is 0 Å². The van der Waals surface area contributed by atoms with Crippen LogP contribution >= 0.6 is 0 Å². The highest BCUT2D eigenvalue weighted by Crippen LogP contribution is 2.32. The zero-order chi connectivity index (χ0) is 24.0. The lowest BCUT2D eigenvalue weighted by Crippen LogP contribution is -2.15. The highest BCUT2D eigenvalue weighted by Gasteiger charge is 2.24. The molecule has 0 unspecified atom stereocenters. The second-order valence-electron chi connectivity index (χ2n) is 9.53. The van der Waals surface area contributed by atoms with E-state index < -0.39 is 0 Å². The number of carbonyl (C=O) groups is 2. The molecule has 0 aromatic heterocycles. The number of rotatable bonds is 7. The minimum atomic E-state index is -0.158. The molecular weight excluding hydrogens is 428 g/mol. The third-order valence-corrected chi connectivity index (χ3v) is 7.11. The first kappa shape index (κ1) is 23.0. The lowest BCUT2D eigenvalue weighted by molar-refractivity contribution is 0.0944. The Balaban J connectivity index is 1.50. The number of ketones is 2. The van der Waals surface area contributed by atoms with Crippen LogP contribution in [0.25, 0.3) is 0 Å². The van der Waals surface area contributed by atoms with Crippen molar-refractivity contribution in [3.05, 3.63) is 142 Å². The van der Waals surface area contributed by atoms with Crippen LogP contribution in [0, 0.1) is 0 Å². The number of hydrogen-bond acceptors (Lipinski definition) is 2. The van der Waals surface area contributed by atoms with Crippen LogP contribution < -0.4 is 0 Å². The standard InChI is InChI=1S/C33H30O2/c34-32(28-7-3-1-4-8-28)22-30(23-33(35)29-9-5-2-6-10-29)31-21-26-16-15-24-11-13-25(14-12-24)17-19-27(31)20-18-26/h1-14,18,20-21,30H,15-17,19,22-23H2. The monoisotopic (exact) mass is 458 g/mol. The Kier molecular flexibility index (Phi) is 6.99. The van der Waals surface area contributed by atoms with Crippen LogP contribution in [-0.2, 0) is 25.7 Å². The first-order chi connectivity index (χ1) is 17.2. The van der Waals surface area contributed by atoms with Gasteiger partial charge in [0.25, 0.3) is 0 Å². The van der Waals surface area contributed by atoms with Gasteiger partial charge < -0.3 is 0 Å². The molecule has 4 bridgehead atoms. The Morgan fingerprint density at radius 3 is 1.54 bits per heavy atom. The summed E-state index contributed by atoms with van der Waals surface area (Å²) in [5.74, 6) is 0.0156. The van der Waals surface area contributed by atoms with Crippen LogP contribution in [-0.4, -0.2) is 11.6 Å². The molecule has 2 heteroatoms. The number of benzene rings is 4. The van der Waals surface area contributed by atoms with Crippen molar-refractivity contribution in [2.24, 2.45) is 0 Å². The van der Waals surface area contributed by atoms with Gasteiger partial charge in [-0.25, -0.2) is 0 Å². The Labute approximate surface area is 207 Å². The van der Waals surface area contributed by atoms with Crippen LogP contribution in [0.5, 0.6) is 0 Å². The van der Waals surface area contributed by atoms with E-state index in [0.717, 1.165) is 31.2 Å². The Hall–Kier alpha value is -3.78. The van der Waals surface area contributed by atoms with Crippen LogP contribution in [0.15, 0.2) is 103 Å². The lowest BCUT2D eigenvalue weighted by Gasteiger charge is -2.22. The molecule has 0 radical (unpaired) electrons. The number of Topliss-reactive ketones (excluding diaryl/α,β-unsaturated/α-hetero) is 2. The van der Waals surface area contributed by atoms with Gasteiger partial charge in [0.2, 0.25) is 0 Å². The van der Waals surface area contributed by atoms with Crippen molar-refractivity contribution in [2.45, 2.75) is 44.4 Å². The highest BCUT2D eigenvalue weighted by molar-refractivity contribution is 5.99. The summed E-state index contributed by atoms with van der Waals surface area (Å²) in [5.41, 5.74) is 7.73. The van der Waals surface area contributed by atoms with E-state index >= 15 is 0 Å². The van der Waals surface area contributed by atoms with Crippen LogP contribution in [0.3, 0.4) is 0 Å². The van der Waals surface area contributed by atoms with Gasteiger partial charge in [0.1, 0.15) is 0 Å². The van der Waals surface area contributed by atoms with Crippen molar-refractivity contribution in [2.75, 3.05) is 0 Å². The number of hydrogen-bond donors (Lipinski definition) is 0. The summed E-state index contributed by atoms with van der Waals surface area (Å²) in [5, 5.41) is 0. The number of carbonyl (C=O) groups excluding carboxylic acids is 2. The minimum absolute atomic E-state index is 0.0868. The molecule has 8 rings (SSSR count). The maximum atomic E-state index is 13.3. The third-order valence-electron chi connectivity index (χ3n) is 7.11. The van der Waals surface area contributed by atoms with Crippen LogP contribution in [0.2, 0.25) is 0 Å². The predicted molar refractivity (Wildman–Crippen MR) is 141 cm³/mol. The second kappa shape index (κ2) is 10.7. The SMILES string of the molecule is O=C(CC(CC(=O)c1ccccc1)c1cc2ccc1CCc1ccc(cc1)CC2)c1ccccc1. The van der Waals surface area contributed by atoms with Gasteiger partial charge in [-0.3, -0.25) is 9.59 Å². The Morgan fingerprint density at radius 2 is 1.00 bits per heavy atom. The van der Waals surface area contributed by atoms with Crippen molar-refractivity contribution in [3.8, 4) is 0 Å². The molecule has 0 saturated heterocycles. The molecule has 4 aromatic carbocycles. The fourth-order valence-electron chi connectivity index (χ4n) is 5.07. The molecular formula is C33H30O2. The van der Waals surface area contributed by atoms with E-state index in [2.05, 4.69) is 42.5 Å². The molecule has 0 heterocycles. The van der Waals surface area contributed by atoms with E-state index in [4.69, 9.17) is 0 Å². The molecule has 0 saturated carbocycles. The van der Waals surface area contributed by atoms with Crippen molar-refractivity contribution >= 4 is 11.6 Å². The normalized spacial score (nSPS) is 12.8. The molecule has 0 fully saturated rings. The van der Waals surface area contributed by atoms with Crippen molar-refractivity contribution in [1.29, 1.82) is 0 Å². The zero-order valence-corrected chi connectivity index (χ0v) is 20.0. The van der Waals surface area contributed by atoms with Crippen LogP contribution in [0.4, 0.5) is 0 Å². The third kappa shape index (κ3) is 5.66. The second-order valence-corrected chi connectivity index (χ2v) is 9.53. The lowest BCUT2D eigenvalue weighted by atomic mass is 9.81. The van der Waals surface area contributed by atoms with Gasteiger partial charge in [-0.05, 0) is 59.4 Å². The van der Waals surface area contributed by atoms with E-state index in [9.17, 15) is 9.59 Å².